The fourth-order valence-corrected chi connectivity index (χ4v) is 5.50. The Balaban J connectivity index is 1.92. The van der Waals surface area contributed by atoms with Crippen molar-refractivity contribution in [2.24, 2.45) is 0 Å². The largest absolute Gasteiger partial charge is 0.330 e. The number of nitrogens with zero attached hydrogens (tertiary/aromatic N) is 1. The van der Waals surface area contributed by atoms with Gasteiger partial charge in [0.15, 0.2) is 9.84 Å². The molecule has 1 fully saturated rings. The molecule has 0 unspecified atom stereocenters. The summed E-state index contributed by atoms with van der Waals surface area (Å²) in [5.74, 6) is -0.194. The van der Waals surface area contributed by atoms with Crippen LogP contribution in [0.3, 0.4) is 0 Å². The summed E-state index contributed by atoms with van der Waals surface area (Å²) in [5.41, 5.74) is 2.49. The van der Waals surface area contributed by atoms with Crippen molar-refractivity contribution < 1.29 is 13.2 Å². The standard InChI is InChI=1S/C20H21Cl2NO3S/c1-2-14-3-5-15(6-4-14)12-23(17-9-10-27(25,26)13-17)20(24)18-8-7-16(21)11-19(18)22/h3-8,11,17H,2,9-10,12-13H2,1H3/t17-/m0/s1. The van der Waals surface area contributed by atoms with Crippen LogP contribution in [0.4, 0.5) is 0 Å². The van der Waals surface area contributed by atoms with Crippen molar-refractivity contribution in [2.45, 2.75) is 32.4 Å². The number of hydrogen-bond donors (Lipinski definition) is 0. The molecule has 4 nitrogen and oxygen atoms in total. The van der Waals surface area contributed by atoms with E-state index < -0.39 is 9.84 Å². The minimum atomic E-state index is -3.12. The summed E-state index contributed by atoms with van der Waals surface area (Å²) in [6.07, 6.45) is 1.37. The Hall–Kier alpha value is -1.56. The minimum absolute atomic E-state index is 0.0169. The van der Waals surface area contributed by atoms with Gasteiger partial charge in [-0.05, 0) is 42.2 Å². The number of carbonyl (C=O) groups is 1. The highest BCUT2D eigenvalue weighted by atomic mass is 35.5. The number of carbonyl (C=O) groups excluding carboxylic acids is 1. The third kappa shape index (κ3) is 4.84. The van der Waals surface area contributed by atoms with Gasteiger partial charge in [-0.2, -0.15) is 0 Å². The summed E-state index contributed by atoms with van der Waals surface area (Å²) >= 11 is 12.2. The molecule has 0 saturated carbocycles. The quantitative estimate of drug-likeness (QED) is 0.713. The van der Waals surface area contributed by atoms with Crippen molar-refractivity contribution in [3.05, 3.63) is 69.2 Å². The van der Waals surface area contributed by atoms with E-state index in [1.54, 1.807) is 17.0 Å². The average Bonchev–Trinajstić information content (AvgIpc) is 2.99. The lowest BCUT2D eigenvalue weighted by Gasteiger charge is -2.29. The molecule has 1 aliphatic rings. The van der Waals surface area contributed by atoms with E-state index in [1.807, 2.05) is 24.3 Å². The van der Waals surface area contributed by atoms with E-state index in [1.165, 1.54) is 11.6 Å². The average molecular weight is 426 g/mol. The van der Waals surface area contributed by atoms with Gasteiger partial charge < -0.3 is 4.90 Å². The second-order valence-electron chi connectivity index (χ2n) is 6.78. The van der Waals surface area contributed by atoms with Crippen molar-refractivity contribution in [3.63, 3.8) is 0 Å². The number of amides is 1. The van der Waals surface area contributed by atoms with E-state index >= 15 is 0 Å². The molecular formula is C20H21Cl2NO3S. The predicted molar refractivity (Wildman–Crippen MR) is 109 cm³/mol. The highest BCUT2D eigenvalue weighted by Gasteiger charge is 2.35. The van der Waals surface area contributed by atoms with Gasteiger partial charge in [-0.3, -0.25) is 4.79 Å². The first kappa shape index (κ1) is 20.2. The Kier molecular flexibility index (Phi) is 6.14. The highest BCUT2D eigenvalue weighted by Crippen LogP contribution is 2.27. The molecular weight excluding hydrogens is 405 g/mol. The number of rotatable bonds is 5. The SMILES string of the molecule is CCc1ccc(CN(C(=O)c2ccc(Cl)cc2Cl)[C@H]2CCS(=O)(=O)C2)cc1. The fraction of sp³-hybridized carbons (Fsp3) is 0.350. The van der Waals surface area contributed by atoms with Gasteiger partial charge in [0.1, 0.15) is 0 Å². The lowest BCUT2D eigenvalue weighted by Crippen LogP contribution is -2.40. The van der Waals surface area contributed by atoms with Gasteiger partial charge in [-0.1, -0.05) is 54.4 Å². The second kappa shape index (κ2) is 8.21. The van der Waals surface area contributed by atoms with E-state index in [0.29, 0.717) is 23.6 Å². The predicted octanol–water partition coefficient (Wildman–Crippen LogP) is 4.39. The van der Waals surface area contributed by atoms with Crippen LogP contribution in [0.1, 0.15) is 34.8 Å². The first-order chi connectivity index (χ1) is 12.8. The van der Waals surface area contributed by atoms with Crippen LogP contribution in [0.25, 0.3) is 0 Å². The number of benzene rings is 2. The molecule has 0 radical (unpaired) electrons. The first-order valence-electron chi connectivity index (χ1n) is 8.83. The van der Waals surface area contributed by atoms with E-state index in [2.05, 4.69) is 6.92 Å². The Bertz CT molecular complexity index is 942. The van der Waals surface area contributed by atoms with E-state index in [-0.39, 0.29) is 28.5 Å². The van der Waals surface area contributed by atoms with Crippen molar-refractivity contribution in [2.75, 3.05) is 11.5 Å². The number of sulfone groups is 1. The Labute approximate surface area is 170 Å². The maximum absolute atomic E-state index is 13.2. The molecule has 0 aliphatic carbocycles. The number of aryl methyl sites for hydroxylation is 1. The van der Waals surface area contributed by atoms with Crippen LogP contribution < -0.4 is 0 Å². The molecule has 2 aromatic carbocycles. The zero-order chi connectivity index (χ0) is 19.6. The molecule has 144 valence electrons. The van der Waals surface area contributed by atoms with Crippen LogP contribution in [0.2, 0.25) is 10.0 Å². The summed E-state index contributed by atoms with van der Waals surface area (Å²) in [6, 6.07) is 12.4. The summed E-state index contributed by atoms with van der Waals surface area (Å²) in [5, 5.41) is 0.710. The summed E-state index contributed by atoms with van der Waals surface area (Å²) in [6.45, 7) is 2.42. The lowest BCUT2D eigenvalue weighted by atomic mass is 10.1. The topological polar surface area (TPSA) is 54.5 Å². The zero-order valence-electron chi connectivity index (χ0n) is 15.0. The van der Waals surface area contributed by atoms with Crippen LogP contribution in [-0.4, -0.2) is 36.8 Å². The Morgan fingerprint density at radius 1 is 1.11 bits per heavy atom. The van der Waals surface area contributed by atoms with Gasteiger partial charge in [0.05, 0.1) is 22.1 Å². The second-order valence-corrected chi connectivity index (χ2v) is 9.86. The smallest absolute Gasteiger partial charge is 0.255 e. The van der Waals surface area contributed by atoms with E-state index in [9.17, 15) is 13.2 Å². The molecule has 1 heterocycles. The van der Waals surface area contributed by atoms with Gasteiger partial charge in [0, 0.05) is 17.6 Å². The first-order valence-corrected chi connectivity index (χ1v) is 11.4. The molecule has 3 rings (SSSR count). The highest BCUT2D eigenvalue weighted by molar-refractivity contribution is 7.91. The van der Waals surface area contributed by atoms with Crippen LogP contribution in [0.15, 0.2) is 42.5 Å². The molecule has 1 aliphatic heterocycles. The van der Waals surface area contributed by atoms with E-state index in [0.717, 1.165) is 12.0 Å². The van der Waals surface area contributed by atoms with Crippen LogP contribution in [0.5, 0.6) is 0 Å². The maximum atomic E-state index is 13.2. The minimum Gasteiger partial charge on any atom is -0.330 e. The van der Waals surface area contributed by atoms with Crippen molar-refractivity contribution in [1.82, 2.24) is 4.90 Å². The number of halogens is 2. The molecule has 1 atom stereocenters. The summed E-state index contributed by atoms with van der Waals surface area (Å²) in [4.78, 5) is 14.8. The van der Waals surface area contributed by atoms with Crippen LogP contribution >= 0.6 is 23.2 Å². The van der Waals surface area contributed by atoms with Gasteiger partial charge >= 0.3 is 0 Å². The summed E-state index contributed by atoms with van der Waals surface area (Å²) in [7, 11) is -3.12. The van der Waals surface area contributed by atoms with Gasteiger partial charge in [0.25, 0.3) is 5.91 Å². The van der Waals surface area contributed by atoms with E-state index in [4.69, 9.17) is 23.2 Å². The molecule has 1 saturated heterocycles. The zero-order valence-corrected chi connectivity index (χ0v) is 17.3. The molecule has 2 aromatic rings. The molecule has 0 spiro atoms. The van der Waals surface area contributed by atoms with Gasteiger partial charge in [-0.15, -0.1) is 0 Å². The monoisotopic (exact) mass is 425 g/mol. The van der Waals surface area contributed by atoms with Crippen molar-refractivity contribution in [3.8, 4) is 0 Å². The van der Waals surface area contributed by atoms with Crippen LogP contribution in [0, 0.1) is 0 Å². The molecule has 0 bridgehead atoms. The van der Waals surface area contributed by atoms with Gasteiger partial charge in [-0.25, -0.2) is 8.42 Å². The lowest BCUT2D eigenvalue weighted by molar-refractivity contribution is 0.0681. The third-order valence-electron chi connectivity index (χ3n) is 4.86. The van der Waals surface area contributed by atoms with Crippen molar-refractivity contribution >= 4 is 38.9 Å². The Morgan fingerprint density at radius 2 is 1.78 bits per heavy atom. The third-order valence-corrected chi connectivity index (χ3v) is 7.15. The maximum Gasteiger partial charge on any atom is 0.255 e. The molecule has 7 heteroatoms. The van der Waals surface area contributed by atoms with Gasteiger partial charge in [0.2, 0.25) is 0 Å². The molecule has 0 aromatic heterocycles. The summed E-state index contributed by atoms with van der Waals surface area (Å²) < 4.78 is 23.9. The molecule has 27 heavy (non-hydrogen) atoms. The Morgan fingerprint density at radius 3 is 2.33 bits per heavy atom. The fourth-order valence-electron chi connectivity index (χ4n) is 3.28. The normalized spacial score (nSPS) is 18.4. The number of hydrogen-bond acceptors (Lipinski definition) is 3. The molecule has 0 N–H and O–H groups in total. The molecule has 1 amide bonds. The van der Waals surface area contributed by atoms with Crippen molar-refractivity contribution in [1.29, 1.82) is 0 Å². The van der Waals surface area contributed by atoms with Crippen LogP contribution in [-0.2, 0) is 22.8 Å².